The van der Waals surface area contributed by atoms with Gasteiger partial charge in [0.1, 0.15) is 0 Å². The number of piperazine rings is 1. The summed E-state index contributed by atoms with van der Waals surface area (Å²) in [7, 11) is 1.69. The standard InChI is InChI=1S/C13H24N2O3/c1-18-11-4-13(2-3-13)12(17)15-7-5-14(6-8-15)9-10-16/h16H,2-11H2,1H3. The maximum Gasteiger partial charge on any atom is 0.228 e. The third kappa shape index (κ3) is 3.02. The Balaban J connectivity index is 1.80. The molecule has 0 spiro atoms. The highest BCUT2D eigenvalue weighted by Gasteiger charge is 2.51. The third-order valence-corrected chi connectivity index (χ3v) is 4.17. The lowest BCUT2D eigenvalue weighted by Gasteiger charge is -2.36. The molecule has 0 aromatic heterocycles. The van der Waals surface area contributed by atoms with Crippen LogP contribution in [0.5, 0.6) is 0 Å². The minimum atomic E-state index is -0.102. The van der Waals surface area contributed by atoms with Crippen LogP contribution in [0.15, 0.2) is 0 Å². The van der Waals surface area contributed by atoms with Crippen LogP contribution >= 0.6 is 0 Å². The Hall–Kier alpha value is -0.650. The van der Waals surface area contributed by atoms with Crippen LogP contribution < -0.4 is 0 Å². The number of nitrogens with zero attached hydrogens (tertiary/aromatic N) is 2. The van der Waals surface area contributed by atoms with E-state index in [-0.39, 0.29) is 12.0 Å². The van der Waals surface area contributed by atoms with E-state index in [1.807, 2.05) is 4.90 Å². The third-order valence-electron chi connectivity index (χ3n) is 4.17. The predicted octanol–water partition coefficient (Wildman–Crippen LogP) is -0.0604. The second-order valence-corrected chi connectivity index (χ2v) is 5.38. The Labute approximate surface area is 109 Å². The van der Waals surface area contributed by atoms with Gasteiger partial charge in [-0.05, 0) is 19.3 Å². The summed E-state index contributed by atoms with van der Waals surface area (Å²) in [4.78, 5) is 16.7. The van der Waals surface area contributed by atoms with Crippen molar-refractivity contribution in [1.29, 1.82) is 0 Å². The van der Waals surface area contributed by atoms with E-state index in [4.69, 9.17) is 9.84 Å². The fraction of sp³-hybridized carbons (Fsp3) is 0.923. The minimum absolute atomic E-state index is 0.102. The van der Waals surface area contributed by atoms with Gasteiger partial charge in [-0.25, -0.2) is 0 Å². The first kappa shape index (κ1) is 13.8. The van der Waals surface area contributed by atoms with E-state index in [0.717, 1.165) is 52.0 Å². The van der Waals surface area contributed by atoms with Crippen LogP contribution in [0.4, 0.5) is 0 Å². The Morgan fingerprint density at radius 2 is 1.94 bits per heavy atom. The molecule has 2 fully saturated rings. The number of hydrogen-bond donors (Lipinski definition) is 1. The molecule has 0 unspecified atom stereocenters. The van der Waals surface area contributed by atoms with Gasteiger partial charge in [-0.15, -0.1) is 0 Å². The van der Waals surface area contributed by atoms with Crippen molar-refractivity contribution in [3.63, 3.8) is 0 Å². The Morgan fingerprint density at radius 1 is 1.28 bits per heavy atom. The molecule has 0 radical (unpaired) electrons. The zero-order chi connectivity index (χ0) is 13.0. The minimum Gasteiger partial charge on any atom is -0.395 e. The summed E-state index contributed by atoms with van der Waals surface area (Å²) in [5.41, 5.74) is -0.102. The van der Waals surface area contributed by atoms with Gasteiger partial charge in [0.15, 0.2) is 0 Å². The highest BCUT2D eigenvalue weighted by atomic mass is 16.5. The number of rotatable bonds is 6. The predicted molar refractivity (Wildman–Crippen MR) is 68.3 cm³/mol. The fourth-order valence-corrected chi connectivity index (χ4v) is 2.67. The Kier molecular flexibility index (Phi) is 4.59. The zero-order valence-corrected chi connectivity index (χ0v) is 11.2. The number of methoxy groups -OCH3 is 1. The topological polar surface area (TPSA) is 53.0 Å². The average Bonchev–Trinajstić information content (AvgIpc) is 3.18. The number of ether oxygens (including phenoxy) is 1. The molecule has 2 rings (SSSR count). The van der Waals surface area contributed by atoms with Crippen LogP contribution in [-0.4, -0.2) is 73.9 Å². The van der Waals surface area contributed by atoms with Gasteiger partial charge in [-0.3, -0.25) is 9.69 Å². The van der Waals surface area contributed by atoms with E-state index in [1.165, 1.54) is 0 Å². The van der Waals surface area contributed by atoms with Gasteiger partial charge in [0.2, 0.25) is 5.91 Å². The second kappa shape index (κ2) is 5.99. The first-order chi connectivity index (χ1) is 8.72. The molecule has 104 valence electrons. The smallest absolute Gasteiger partial charge is 0.228 e. The molecule has 0 atom stereocenters. The lowest BCUT2D eigenvalue weighted by atomic mass is 10.0. The molecule has 1 saturated carbocycles. The van der Waals surface area contributed by atoms with Crippen LogP contribution in [0.25, 0.3) is 0 Å². The molecule has 1 saturated heterocycles. The molecule has 1 amide bonds. The number of hydrogen-bond acceptors (Lipinski definition) is 4. The SMILES string of the molecule is COCCC1(C(=O)N2CCN(CCO)CC2)CC1. The van der Waals surface area contributed by atoms with Crippen LogP contribution in [0.1, 0.15) is 19.3 Å². The van der Waals surface area contributed by atoms with Crippen LogP contribution in [0.3, 0.4) is 0 Å². The number of amides is 1. The number of carbonyl (C=O) groups excluding carboxylic acids is 1. The summed E-state index contributed by atoms with van der Waals surface area (Å²) in [6, 6.07) is 0. The largest absolute Gasteiger partial charge is 0.395 e. The van der Waals surface area contributed by atoms with Crippen molar-refractivity contribution >= 4 is 5.91 Å². The van der Waals surface area contributed by atoms with Crippen molar-refractivity contribution in [2.45, 2.75) is 19.3 Å². The molecule has 1 heterocycles. The maximum atomic E-state index is 12.5. The van der Waals surface area contributed by atoms with E-state index in [1.54, 1.807) is 7.11 Å². The van der Waals surface area contributed by atoms with Crippen molar-refractivity contribution in [1.82, 2.24) is 9.80 Å². The van der Waals surface area contributed by atoms with E-state index in [0.29, 0.717) is 12.5 Å². The number of aliphatic hydroxyl groups is 1. The summed E-state index contributed by atoms with van der Waals surface area (Å²) in [6.45, 7) is 4.96. The summed E-state index contributed by atoms with van der Waals surface area (Å²) in [6.07, 6.45) is 2.90. The quantitative estimate of drug-likeness (QED) is 0.723. The van der Waals surface area contributed by atoms with Crippen molar-refractivity contribution < 1.29 is 14.6 Å². The highest BCUT2D eigenvalue weighted by molar-refractivity contribution is 5.85. The lowest BCUT2D eigenvalue weighted by molar-refractivity contribution is -0.139. The molecule has 1 aliphatic heterocycles. The van der Waals surface area contributed by atoms with Gasteiger partial charge in [0.25, 0.3) is 0 Å². The Morgan fingerprint density at radius 3 is 2.44 bits per heavy atom. The monoisotopic (exact) mass is 256 g/mol. The lowest BCUT2D eigenvalue weighted by Crippen LogP contribution is -2.51. The zero-order valence-electron chi connectivity index (χ0n) is 11.2. The number of carbonyl (C=O) groups is 1. The first-order valence-electron chi connectivity index (χ1n) is 6.83. The van der Waals surface area contributed by atoms with E-state index >= 15 is 0 Å². The Bertz CT molecular complexity index is 284. The van der Waals surface area contributed by atoms with Gasteiger partial charge < -0.3 is 14.7 Å². The molecule has 0 bridgehead atoms. The summed E-state index contributed by atoms with van der Waals surface area (Å²) in [5.74, 6) is 0.322. The molecule has 5 nitrogen and oxygen atoms in total. The molecule has 0 aromatic rings. The fourth-order valence-electron chi connectivity index (χ4n) is 2.67. The molecule has 0 aromatic carbocycles. The van der Waals surface area contributed by atoms with Crippen molar-refractivity contribution in [3.05, 3.63) is 0 Å². The normalized spacial score (nSPS) is 23.1. The van der Waals surface area contributed by atoms with Crippen LogP contribution in [-0.2, 0) is 9.53 Å². The summed E-state index contributed by atoms with van der Waals surface area (Å²) in [5, 5.41) is 8.89. The van der Waals surface area contributed by atoms with Gasteiger partial charge >= 0.3 is 0 Å². The average molecular weight is 256 g/mol. The molecule has 1 N–H and O–H groups in total. The van der Waals surface area contributed by atoms with Crippen LogP contribution in [0, 0.1) is 5.41 Å². The number of aliphatic hydroxyl groups excluding tert-OH is 1. The first-order valence-corrected chi connectivity index (χ1v) is 6.83. The van der Waals surface area contributed by atoms with E-state index in [9.17, 15) is 4.79 Å². The molecule has 1 aliphatic carbocycles. The van der Waals surface area contributed by atoms with Gasteiger partial charge in [0, 0.05) is 46.4 Å². The second-order valence-electron chi connectivity index (χ2n) is 5.38. The van der Waals surface area contributed by atoms with Crippen molar-refractivity contribution in [2.75, 3.05) is 53.0 Å². The van der Waals surface area contributed by atoms with E-state index < -0.39 is 0 Å². The van der Waals surface area contributed by atoms with Gasteiger partial charge in [0.05, 0.1) is 12.0 Å². The molecular formula is C13H24N2O3. The van der Waals surface area contributed by atoms with Crippen LogP contribution in [0.2, 0.25) is 0 Å². The molecule has 5 heteroatoms. The molecular weight excluding hydrogens is 232 g/mol. The van der Waals surface area contributed by atoms with Crippen molar-refractivity contribution in [3.8, 4) is 0 Å². The van der Waals surface area contributed by atoms with Crippen molar-refractivity contribution in [2.24, 2.45) is 5.41 Å². The summed E-state index contributed by atoms with van der Waals surface area (Å²) >= 11 is 0. The maximum absolute atomic E-state index is 12.5. The van der Waals surface area contributed by atoms with E-state index in [2.05, 4.69) is 4.90 Å². The molecule has 18 heavy (non-hydrogen) atoms. The summed E-state index contributed by atoms with van der Waals surface area (Å²) < 4.78 is 5.10. The molecule has 2 aliphatic rings. The highest BCUT2D eigenvalue weighted by Crippen LogP contribution is 2.50. The van der Waals surface area contributed by atoms with Gasteiger partial charge in [-0.1, -0.05) is 0 Å². The number of β-amino-alcohol motifs (C(OH)–C–C–N with tert-alkyl or cyclic N) is 1. The van der Waals surface area contributed by atoms with Gasteiger partial charge in [-0.2, -0.15) is 0 Å².